The molecule has 2 atom stereocenters. The van der Waals surface area contributed by atoms with Crippen molar-refractivity contribution in [2.45, 2.75) is 33.7 Å². The number of thiazole rings is 1. The molecular formula is C13H23N3S. The largest absolute Gasteiger partial charge is 0.348 e. The number of anilines is 1. The maximum absolute atomic E-state index is 4.71. The second-order valence-electron chi connectivity index (χ2n) is 5.09. The Balaban J connectivity index is 1.95. The Hall–Kier alpha value is -0.610. The van der Waals surface area contributed by atoms with Gasteiger partial charge in [-0.1, -0.05) is 20.8 Å². The number of rotatable bonds is 4. The van der Waals surface area contributed by atoms with Crippen LogP contribution in [0, 0.1) is 11.8 Å². The SMILES string of the molecule is CCNCc1csc(N2CCC(C)C(C)C2)n1. The van der Waals surface area contributed by atoms with Gasteiger partial charge in [0.15, 0.2) is 5.13 Å². The summed E-state index contributed by atoms with van der Waals surface area (Å²) in [5.74, 6) is 1.64. The van der Waals surface area contributed by atoms with Crippen LogP contribution in [0.4, 0.5) is 5.13 Å². The van der Waals surface area contributed by atoms with Gasteiger partial charge in [0.1, 0.15) is 0 Å². The van der Waals surface area contributed by atoms with E-state index in [-0.39, 0.29) is 0 Å². The molecule has 0 aliphatic carbocycles. The molecule has 96 valence electrons. The van der Waals surface area contributed by atoms with E-state index in [1.807, 2.05) is 0 Å². The van der Waals surface area contributed by atoms with Gasteiger partial charge >= 0.3 is 0 Å². The highest BCUT2D eigenvalue weighted by Crippen LogP contribution is 2.28. The molecule has 2 unspecified atom stereocenters. The summed E-state index contributed by atoms with van der Waals surface area (Å²) >= 11 is 1.78. The average Bonchev–Trinajstić information content (AvgIpc) is 2.79. The van der Waals surface area contributed by atoms with Crippen LogP contribution in [0.3, 0.4) is 0 Å². The number of nitrogens with one attached hydrogen (secondary N) is 1. The molecule has 4 heteroatoms. The highest BCUT2D eigenvalue weighted by Gasteiger charge is 2.24. The Morgan fingerprint density at radius 2 is 2.29 bits per heavy atom. The van der Waals surface area contributed by atoms with E-state index in [0.29, 0.717) is 0 Å². The normalized spacial score (nSPS) is 25.2. The summed E-state index contributed by atoms with van der Waals surface area (Å²) < 4.78 is 0. The van der Waals surface area contributed by atoms with Crippen LogP contribution in [0.1, 0.15) is 32.9 Å². The predicted octanol–water partition coefficient (Wildman–Crippen LogP) is 2.73. The maximum atomic E-state index is 4.71. The van der Waals surface area contributed by atoms with Gasteiger partial charge < -0.3 is 10.2 Å². The second kappa shape index (κ2) is 5.83. The van der Waals surface area contributed by atoms with E-state index in [2.05, 4.69) is 36.4 Å². The summed E-state index contributed by atoms with van der Waals surface area (Å²) in [6, 6.07) is 0. The average molecular weight is 253 g/mol. The smallest absolute Gasteiger partial charge is 0.185 e. The van der Waals surface area contributed by atoms with Crippen molar-refractivity contribution in [3.8, 4) is 0 Å². The second-order valence-corrected chi connectivity index (χ2v) is 5.93. The zero-order chi connectivity index (χ0) is 12.3. The summed E-state index contributed by atoms with van der Waals surface area (Å²) in [6.07, 6.45) is 1.29. The van der Waals surface area contributed by atoms with Crippen molar-refractivity contribution in [1.29, 1.82) is 0 Å². The lowest BCUT2D eigenvalue weighted by Gasteiger charge is -2.35. The topological polar surface area (TPSA) is 28.2 Å². The van der Waals surface area contributed by atoms with Crippen molar-refractivity contribution >= 4 is 16.5 Å². The lowest BCUT2D eigenvalue weighted by Crippen LogP contribution is -2.38. The lowest BCUT2D eigenvalue weighted by atomic mass is 9.89. The molecule has 1 aromatic heterocycles. The van der Waals surface area contributed by atoms with Gasteiger partial charge in [-0.05, 0) is 24.8 Å². The summed E-state index contributed by atoms with van der Waals surface area (Å²) in [4.78, 5) is 7.16. The van der Waals surface area contributed by atoms with Gasteiger partial charge in [0, 0.05) is 25.0 Å². The minimum Gasteiger partial charge on any atom is -0.348 e. The fourth-order valence-corrected chi connectivity index (χ4v) is 3.07. The molecule has 1 saturated heterocycles. The van der Waals surface area contributed by atoms with E-state index in [1.165, 1.54) is 23.8 Å². The molecule has 0 amide bonds. The van der Waals surface area contributed by atoms with Crippen LogP contribution >= 0.6 is 11.3 Å². The minimum atomic E-state index is 0.782. The van der Waals surface area contributed by atoms with Gasteiger partial charge in [-0.2, -0.15) is 0 Å². The number of aromatic nitrogens is 1. The van der Waals surface area contributed by atoms with Gasteiger partial charge in [-0.3, -0.25) is 0 Å². The summed E-state index contributed by atoms with van der Waals surface area (Å²) in [5, 5.41) is 6.71. The standard InChI is InChI=1S/C13H23N3S/c1-4-14-7-12-9-17-13(15-12)16-6-5-10(2)11(3)8-16/h9-11,14H,4-8H2,1-3H3. The van der Waals surface area contributed by atoms with Gasteiger partial charge in [0.25, 0.3) is 0 Å². The summed E-state index contributed by atoms with van der Waals surface area (Å²) in [6.45, 7) is 11.1. The van der Waals surface area contributed by atoms with Crippen molar-refractivity contribution in [2.24, 2.45) is 11.8 Å². The van der Waals surface area contributed by atoms with Crippen LogP contribution in [0.15, 0.2) is 5.38 Å². The number of piperidine rings is 1. The quantitative estimate of drug-likeness (QED) is 0.894. The van der Waals surface area contributed by atoms with Crippen LogP contribution in [-0.2, 0) is 6.54 Å². The van der Waals surface area contributed by atoms with E-state index in [0.717, 1.165) is 31.5 Å². The highest BCUT2D eigenvalue weighted by molar-refractivity contribution is 7.13. The van der Waals surface area contributed by atoms with Crippen LogP contribution in [0.2, 0.25) is 0 Å². The number of hydrogen-bond donors (Lipinski definition) is 1. The highest BCUT2D eigenvalue weighted by atomic mass is 32.1. The van der Waals surface area contributed by atoms with Crippen LogP contribution in [0.5, 0.6) is 0 Å². The first kappa shape index (κ1) is 12.8. The molecule has 2 heterocycles. The van der Waals surface area contributed by atoms with Crippen molar-refractivity contribution < 1.29 is 0 Å². The van der Waals surface area contributed by atoms with E-state index in [9.17, 15) is 0 Å². The minimum absolute atomic E-state index is 0.782. The molecule has 2 rings (SSSR count). The fourth-order valence-electron chi connectivity index (χ4n) is 2.21. The Bertz CT molecular complexity index is 350. The molecule has 17 heavy (non-hydrogen) atoms. The Kier molecular flexibility index (Phi) is 4.40. The van der Waals surface area contributed by atoms with E-state index >= 15 is 0 Å². The summed E-state index contributed by atoms with van der Waals surface area (Å²) in [7, 11) is 0. The first-order valence-electron chi connectivity index (χ1n) is 6.60. The summed E-state index contributed by atoms with van der Waals surface area (Å²) in [5.41, 5.74) is 1.18. The van der Waals surface area contributed by atoms with Gasteiger partial charge in [0.2, 0.25) is 0 Å². The zero-order valence-electron chi connectivity index (χ0n) is 11.1. The Morgan fingerprint density at radius 3 is 3.00 bits per heavy atom. The van der Waals surface area contributed by atoms with Crippen molar-refractivity contribution in [2.75, 3.05) is 24.5 Å². The molecule has 1 aromatic rings. The van der Waals surface area contributed by atoms with E-state index < -0.39 is 0 Å². The van der Waals surface area contributed by atoms with Crippen molar-refractivity contribution in [1.82, 2.24) is 10.3 Å². The van der Waals surface area contributed by atoms with Crippen LogP contribution in [0.25, 0.3) is 0 Å². The molecule has 0 radical (unpaired) electrons. The lowest BCUT2D eigenvalue weighted by molar-refractivity contribution is 0.323. The molecule has 0 aromatic carbocycles. The Labute approximate surface area is 108 Å². The van der Waals surface area contributed by atoms with Gasteiger partial charge in [-0.15, -0.1) is 11.3 Å². The number of nitrogens with zero attached hydrogens (tertiary/aromatic N) is 2. The van der Waals surface area contributed by atoms with Crippen molar-refractivity contribution in [3.63, 3.8) is 0 Å². The van der Waals surface area contributed by atoms with Gasteiger partial charge in [0.05, 0.1) is 5.69 Å². The third kappa shape index (κ3) is 3.19. The molecule has 0 saturated carbocycles. The molecule has 1 N–H and O–H groups in total. The monoisotopic (exact) mass is 253 g/mol. The molecule has 1 fully saturated rings. The van der Waals surface area contributed by atoms with Crippen LogP contribution < -0.4 is 10.2 Å². The van der Waals surface area contributed by atoms with E-state index in [4.69, 9.17) is 4.98 Å². The first-order chi connectivity index (χ1) is 8.20. The van der Waals surface area contributed by atoms with Gasteiger partial charge in [-0.25, -0.2) is 4.98 Å². The fraction of sp³-hybridized carbons (Fsp3) is 0.769. The molecule has 1 aliphatic heterocycles. The molecule has 0 bridgehead atoms. The first-order valence-corrected chi connectivity index (χ1v) is 7.48. The van der Waals surface area contributed by atoms with E-state index in [1.54, 1.807) is 11.3 Å². The molecular weight excluding hydrogens is 230 g/mol. The predicted molar refractivity (Wildman–Crippen MR) is 74.7 cm³/mol. The zero-order valence-corrected chi connectivity index (χ0v) is 11.9. The number of hydrogen-bond acceptors (Lipinski definition) is 4. The molecule has 0 spiro atoms. The maximum Gasteiger partial charge on any atom is 0.185 e. The third-order valence-corrected chi connectivity index (χ3v) is 4.65. The molecule has 1 aliphatic rings. The van der Waals surface area contributed by atoms with Crippen molar-refractivity contribution in [3.05, 3.63) is 11.1 Å². The Morgan fingerprint density at radius 1 is 1.47 bits per heavy atom. The van der Waals surface area contributed by atoms with Crippen LogP contribution in [-0.4, -0.2) is 24.6 Å². The molecule has 3 nitrogen and oxygen atoms in total. The third-order valence-electron chi connectivity index (χ3n) is 3.70.